The fourth-order valence-electron chi connectivity index (χ4n) is 1.67. The van der Waals surface area contributed by atoms with Gasteiger partial charge >= 0.3 is 10.2 Å². The maximum Gasteiger partial charge on any atom is 0.302 e. The molecule has 0 aliphatic heterocycles. The van der Waals surface area contributed by atoms with Gasteiger partial charge in [0.15, 0.2) is 0 Å². The van der Waals surface area contributed by atoms with E-state index in [0.29, 0.717) is 17.6 Å². The molecule has 0 spiro atoms. The van der Waals surface area contributed by atoms with Gasteiger partial charge in [-0.25, -0.2) is 0 Å². The van der Waals surface area contributed by atoms with E-state index in [2.05, 4.69) is 6.92 Å². The summed E-state index contributed by atoms with van der Waals surface area (Å²) in [6.07, 6.45) is 1.23. The van der Waals surface area contributed by atoms with Crippen molar-refractivity contribution in [2.75, 3.05) is 5.75 Å². The van der Waals surface area contributed by atoms with Gasteiger partial charge in [0.1, 0.15) is 11.5 Å². The van der Waals surface area contributed by atoms with E-state index in [1.54, 1.807) is 6.07 Å². The van der Waals surface area contributed by atoms with Gasteiger partial charge in [0.25, 0.3) is 0 Å². The van der Waals surface area contributed by atoms with Crippen LogP contribution in [-0.2, 0) is 16.6 Å². The molecule has 2 atom stereocenters. The molecule has 0 radical (unpaired) electrons. The van der Waals surface area contributed by atoms with E-state index in [0.717, 1.165) is 12.2 Å². The fraction of sp³-hybridized carbons (Fsp3) is 0.600. The van der Waals surface area contributed by atoms with E-state index in [1.165, 1.54) is 0 Å². The highest BCUT2D eigenvalue weighted by atomic mass is 32.3. The third-order valence-electron chi connectivity index (χ3n) is 2.75. The van der Waals surface area contributed by atoms with E-state index < -0.39 is 16.0 Å². The molecule has 1 fully saturated rings. The summed E-state index contributed by atoms with van der Waals surface area (Å²) in [4.78, 5) is 0. The minimum Gasteiger partial charge on any atom is -0.466 e. The SMILES string of the molecule is CC1CC1c1ccc(CCS(=O)(=O)F)o1. The molecule has 2 rings (SSSR count). The summed E-state index contributed by atoms with van der Waals surface area (Å²) in [5.41, 5.74) is 0. The zero-order valence-electron chi connectivity index (χ0n) is 8.44. The summed E-state index contributed by atoms with van der Waals surface area (Å²) in [5, 5.41) is 0. The van der Waals surface area contributed by atoms with Crippen molar-refractivity contribution in [3.05, 3.63) is 23.7 Å². The lowest BCUT2D eigenvalue weighted by molar-refractivity contribution is 0.464. The Balaban J connectivity index is 1.96. The van der Waals surface area contributed by atoms with E-state index in [9.17, 15) is 12.3 Å². The van der Waals surface area contributed by atoms with E-state index >= 15 is 0 Å². The zero-order valence-corrected chi connectivity index (χ0v) is 9.26. The molecule has 1 aliphatic rings. The molecule has 1 aromatic rings. The smallest absolute Gasteiger partial charge is 0.302 e. The Labute approximate surface area is 88.5 Å². The van der Waals surface area contributed by atoms with Gasteiger partial charge < -0.3 is 4.42 Å². The van der Waals surface area contributed by atoms with Crippen LogP contribution in [0.4, 0.5) is 3.89 Å². The highest BCUT2D eigenvalue weighted by Crippen LogP contribution is 2.47. The maximum atomic E-state index is 12.2. The zero-order chi connectivity index (χ0) is 11.1. The van der Waals surface area contributed by atoms with Gasteiger partial charge in [0.05, 0.1) is 5.75 Å². The summed E-state index contributed by atoms with van der Waals surface area (Å²) < 4.78 is 38.3. The second kappa shape index (κ2) is 3.63. The number of hydrogen-bond acceptors (Lipinski definition) is 3. The van der Waals surface area contributed by atoms with E-state index in [1.807, 2.05) is 6.07 Å². The first-order chi connectivity index (χ1) is 6.96. The van der Waals surface area contributed by atoms with Gasteiger partial charge in [-0.2, -0.15) is 8.42 Å². The molecule has 84 valence electrons. The third kappa shape index (κ3) is 2.81. The fourth-order valence-corrected chi connectivity index (χ4v) is 2.11. The number of aryl methyl sites for hydroxylation is 1. The van der Waals surface area contributed by atoms with Crippen LogP contribution < -0.4 is 0 Å². The minimum absolute atomic E-state index is 0.111. The Morgan fingerprint density at radius 2 is 2.20 bits per heavy atom. The molecule has 1 aliphatic carbocycles. The van der Waals surface area contributed by atoms with Crippen LogP contribution in [0.5, 0.6) is 0 Å². The van der Waals surface area contributed by atoms with Crippen LogP contribution in [0.1, 0.15) is 30.8 Å². The summed E-state index contributed by atoms with van der Waals surface area (Å²) in [7, 11) is -4.39. The summed E-state index contributed by atoms with van der Waals surface area (Å²) in [6, 6.07) is 3.58. The van der Waals surface area contributed by atoms with Gasteiger partial charge in [0.2, 0.25) is 0 Å². The van der Waals surface area contributed by atoms with Gasteiger partial charge in [-0.1, -0.05) is 6.92 Å². The molecule has 0 saturated heterocycles. The molecule has 5 heteroatoms. The molecule has 1 aromatic heterocycles. The molecule has 0 bridgehead atoms. The Kier molecular flexibility index (Phi) is 2.58. The van der Waals surface area contributed by atoms with Crippen molar-refractivity contribution < 1.29 is 16.7 Å². The van der Waals surface area contributed by atoms with Crippen LogP contribution in [0, 0.1) is 5.92 Å². The van der Waals surface area contributed by atoms with Crippen LogP contribution in [0.3, 0.4) is 0 Å². The second-order valence-corrected chi connectivity index (χ2v) is 5.60. The lowest BCUT2D eigenvalue weighted by atomic mass is 10.3. The topological polar surface area (TPSA) is 47.3 Å². The van der Waals surface area contributed by atoms with Crippen molar-refractivity contribution in [2.24, 2.45) is 5.92 Å². The third-order valence-corrected chi connectivity index (χ3v) is 3.44. The largest absolute Gasteiger partial charge is 0.466 e. The molecular formula is C10H13FO3S. The maximum absolute atomic E-state index is 12.2. The molecule has 0 amide bonds. The Bertz CT molecular complexity index is 449. The van der Waals surface area contributed by atoms with Crippen molar-refractivity contribution in [2.45, 2.75) is 25.7 Å². The first kappa shape index (κ1) is 10.7. The molecule has 3 nitrogen and oxygen atoms in total. The average Bonchev–Trinajstić information content (AvgIpc) is 2.68. The summed E-state index contributed by atoms with van der Waals surface area (Å²) in [6.45, 7) is 2.14. The van der Waals surface area contributed by atoms with Gasteiger partial charge in [0, 0.05) is 12.3 Å². The number of hydrogen-bond donors (Lipinski definition) is 0. The molecular weight excluding hydrogens is 219 g/mol. The molecule has 0 N–H and O–H groups in total. The van der Waals surface area contributed by atoms with E-state index in [4.69, 9.17) is 4.42 Å². The van der Waals surface area contributed by atoms with Crippen molar-refractivity contribution in [3.8, 4) is 0 Å². The Morgan fingerprint density at radius 1 is 1.53 bits per heavy atom. The van der Waals surface area contributed by atoms with Crippen molar-refractivity contribution >= 4 is 10.2 Å². The van der Waals surface area contributed by atoms with Crippen molar-refractivity contribution in [1.29, 1.82) is 0 Å². The second-order valence-electron chi connectivity index (χ2n) is 4.12. The summed E-state index contributed by atoms with van der Waals surface area (Å²) >= 11 is 0. The summed E-state index contributed by atoms with van der Waals surface area (Å²) in [5.74, 6) is 2.06. The predicted molar refractivity (Wildman–Crippen MR) is 53.8 cm³/mol. The first-order valence-corrected chi connectivity index (χ1v) is 6.52. The van der Waals surface area contributed by atoms with Gasteiger partial charge in [-0.3, -0.25) is 0 Å². The monoisotopic (exact) mass is 232 g/mol. The normalized spacial score (nSPS) is 25.5. The van der Waals surface area contributed by atoms with Gasteiger partial charge in [-0.15, -0.1) is 3.89 Å². The Morgan fingerprint density at radius 3 is 2.73 bits per heavy atom. The lowest BCUT2D eigenvalue weighted by Gasteiger charge is -1.94. The Hall–Kier alpha value is -0.840. The van der Waals surface area contributed by atoms with Crippen molar-refractivity contribution in [3.63, 3.8) is 0 Å². The standard InChI is InChI=1S/C10H13FO3S/c1-7-6-9(7)10-3-2-8(14-10)4-5-15(11,12)13/h2-3,7,9H,4-6H2,1H3. The molecule has 15 heavy (non-hydrogen) atoms. The van der Waals surface area contributed by atoms with Crippen LogP contribution >= 0.6 is 0 Å². The van der Waals surface area contributed by atoms with Crippen molar-refractivity contribution in [1.82, 2.24) is 0 Å². The number of furan rings is 1. The predicted octanol–water partition coefficient (Wildman–Crippen LogP) is 2.24. The van der Waals surface area contributed by atoms with Gasteiger partial charge in [-0.05, 0) is 24.5 Å². The molecule has 2 unspecified atom stereocenters. The quantitative estimate of drug-likeness (QED) is 0.748. The van der Waals surface area contributed by atoms with Crippen LogP contribution in [0.15, 0.2) is 16.5 Å². The highest BCUT2D eigenvalue weighted by molar-refractivity contribution is 7.86. The molecule has 1 heterocycles. The molecule has 1 saturated carbocycles. The van der Waals surface area contributed by atoms with Crippen LogP contribution in [0.25, 0.3) is 0 Å². The van der Waals surface area contributed by atoms with Crippen LogP contribution in [-0.4, -0.2) is 14.2 Å². The van der Waals surface area contributed by atoms with Crippen LogP contribution in [0.2, 0.25) is 0 Å². The first-order valence-electron chi connectivity index (χ1n) is 4.96. The minimum atomic E-state index is -4.39. The number of halogens is 1. The molecule has 0 aromatic carbocycles. The van der Waals surface area contributed by atoms with E-state index in [-0.39, 0.29) is 6.42 Å². The average molecular weight is 232 g/mol. The highest BCUT2D eigenvalue weighted by Gasteiger charge is 2.36. The number of rotatable bonds is 4. The lowest BCUT2D eigenvalue weighted by Crippen LogP contribution is -2.00.